The second-order valence-electron chi connectivity index (χ2n) is 2.98. The van der Waals surface area contributed by atoms with Crippen LogP contribution in [0.1, 0.15) is 5.56 Å². The van der Waals surface area contributed by atoms with Gasteiger partial charge in [-0.3, -0.25) is 4.90 Å². The van der Waals surface area contributed by atoms with Gasteiger partial charge in [0.05, 0.1) is 0 Å². The Morgan fingerprint density at radius 1 is 1.54 bits per heavy atom. The van der Waals surface area contributed by atoms with Crippen molar-refractivity contribution in [2.75, 3.05) is 19.3 Å². The summed E-state index contributed by atoms with van der Waals surface area (Å²) in [6.07, 6.45) is 4.23. The quantitative estimate of drug-likeness (QED) is 0.581. The second kappa shape index (κ2) is 6.24. The lowest BCUT2D eigenvalue weighted by Crippen LogP contribution is -2.17. The first-order chi connectivity index (χ1) is 6.33. The molecular weight excluding hydrogens is 198 g/mol. The van der Waals surface area contributed by atoms with E-state index in [-0.39, 0.29) is 0 Å². The highest BCUT2D eigenvalue weighted by atomic mass is 32.1. The molecule has 0 saturated carbocycles. The topological polar surface area (TPSA) is 3.24 Å². The Morgan fingerprint density at radius 2 is 2.38 bits per heavy atom. The number of hydrogen-bond donors (Lipinski definition) is 1. The SMILES string of the molecule is CN(CC=CCS)Cc1ccsc1. The molecule has 0 amide bonds. The fourth-order valence-electron chi connectivity index (χ4n) is 1.09. The van der Waals surface area contributed by atoms with Gasteiger partial charge in [-0.25, -0.2) is 0 Å². The van der Waals surface area contributed by atoms with Gasteiger partial charge in [-0.15, -0.1) is 0 Å². The molecule has 0 aliphatic carbocycles. The monoisotopic (exact) mass is 213 g/mol. The molecule has 72 valence electrons. The van der Waals surface area contributed by atoms with E-state index in [0.717, 1.165) is 18.8 Å². The predicted molar refractivity (Wildman–Crippen MR) is 63.6 cm³/mol. The maximum Gasteiger partial charge on any atom is 0.0242 e. The van der Waals surface area contributed by atoms with Gasteiger partial charge in [0.25, 0.3) is 0 Å². The number of hydrogen-bond acceptors (Lipinski definition) is 3. The molecule has 3 heteroatoms. The third-order valence-electron chi connectivity index (χ3n) is 1.72. The molecule has 0 fully saturated rings. The summed E-state index contributed by atoms with van der Waals surface area (Å²) < 4.78 is 0. The molecule has 0 N–H and O–H groups in total. The number of thiophene rings is 1. The number of nitrogens with zero attached hydrogens (tertiary/aromatic N) is 1. The normalized spacial score (nSPS) is 11.6. The summed E-state index contributed by atoms with van der Waals surface area (Å²) in [5.74, 6) is 0.826. The zero-order valence-corrected chi connectivity index (χ0v) is 9.52. The van der Waals surface area contributed by atoms with Gasteiger partial charge in [-0.05, 0) is 29.4 Å². The van der Waals surface area contributed by atoms with Crippen LogP contribution in [0, 0.1) is 0 Å². The Bertz CT molecular complexity index is 241. The Balaban J connectivity index is 2.25. The van der Waals surface area contributed by atoms with E-state index >= 15 is 0 Å². The summed E-state index contributed by atoms with van der Waals surface area (Å²) >= 11 is 5.86. The lowest BCUT2D eigenvalue weighted by molar-refractivity contribution is 0.364. The fraction of sp³-hybridized carbons (Fsp3) is 0.400. The van der Waals surface area contributed by atoms with Crippen molar-refractivity contribution in [3.8, 4) is 0 Å². The highest BCUT2D eigenvalue weighted by Crippen LogP contribution is 2.07. The summed E-state index contributed by atoms with van der Waals surface area (Å²) in [5.41, 5.74) is 1.40. The van der Waals surface area contributed by atoms with Crippen molar-refractivity contribution < 1.29 is 0 Å². The third kappa shape index (κ3) is 4.50. The van der Waals surface area contributed by atoms with Gasteiger partial charge in [0, 0.05) is 18.8 Å². The molecule has 0 aromatic carbocycles. The minimum absolute atomic E-state index is 0.826. The lowest BCUT2D eigenvalue weighted by Gasteiger charge is -2.12. The molecule has 0 aliphatic rings. The Kier molecular flexibility index (Phi) is 5.20. The highest BCUT2D eigenvalue weighted by Gasteiger charge is 1.97. The van der Waals surface area contributed by atoms with E-state index in [0.29, 0.717) is 0 Å². The second-order valence-corrected chi connectivity index (χ2v) is 4.13. The minimum atomic E-state index is 0.826. The average Bonchev–Trinajstić information content (AvgIpc) is 2.57. The summed E-state index contributed by atoms with van der Waals surface area (Å²) in [5, 5.41) is 4.31. The van der Waals surface area contributed by atoms with Gasteiger partial charge < -0.3 is 0 Å². The van der Waals surface area contributed by atoms with E-state index in [9.17, 15) is 0 Å². The molecule has 0 saturated heterocycles. The number of likely N-dealkylation sites (N-methyl/N-ethyl adjacent to an activating group) is 1. The summed E-state index contributed by atoms with van der Waals surface area (Å²) in [4.78, 5) is 2.28. The largest absolute Gasteiger partial charge is 0.298 e. The zero-order chi connectivity index (χ0) is 9.52. The van der Waals surface area contributed by atoms with Crippen molar-refractivity contribution in [1.82, 2.24) is 4.90 Å². The highest BCUT2D eigenvalue weighted by molar-refractivity contribution is 7.80. The standard InChI is InChI=1S/C10H15NS2/c1-11(5-2-3-6-12)8-10-4-7-13-9-10/h2-4,7,9,12H,5-6,8H2,1H3. The van der Waals surface area contributed by atoms with E-state index in [2.05, 4.69) is 53.6 Å². The van der Waals surface area contributed by atoms with Crippen LogP contribution in [0.4, 0.5) is 0 Å². The predicted octanol–water partition coefficient (Wildman–Crippen LogP) is 2.67. The van der Waals surface area contributed by atoms with Crippen molar-refractivity contribution in [3.63, 3.8) is 0 Å². The van der Waals surface area contributed by atoms with E-state index in [4.69, 9.17) is 0 Å². The van der Waals surface area contributed by atoms with Gasteiger partial charge in [0.1, 0.15) is 0 Å². The van der Waals surface area contributed by atoms with E-state index < -0.39 is 0 Å². The van der Waals surface area contributed by atoms with Gasteiger partial charge in [0.15, 0.2) is 0 Å². The lowest BCUT2D eigenvalue weighted by atomic mass is 10.3. The fourth-order valence-corrected chi connectivity index (χ4v) is 1.90. The van der Waals surface area contributed by atoms with Crippen molar-refractivity contribution in [1.29, 1.82) is 0 Å². The van der Waals surface area contributed by atoms with Crippen LogP contribution < -0.4 is 0 Å². The van der Waals surface area contributed by atoms with Crippen molar-refractivity contribution in [2.45, 2.75) is 6.54 Å². The summed E-state index contributed by atoms with van der Waals surface area (Å²) in [6, 6.07) is 2.17. The van der Waals surface area contributed by atoms with Crippen LogP contribution in [-0.2, 0) is 6.54 Å². The van der Waals surface area contributed by atoms with E-state index in [1.54, 1.807) is 11.3 Å². The first-order valence-corrected chi connectivity index (χ1v) is 5.86. The molecule has 1 rings (SSSR count). The van der Waals surface area contributed by atoms with Crippen LogP contribution in [0.25, 0.3) is 0 Å². The first kappa shape index (κ1) is 10.8. The smallest absolute Gasteiger partial charge is 0.0242 e. The Hall–Kier alpha value is -0.250. The van der Waals surface area contributed by atoms with Crippen LogP contribution in [-0.4, -0.2) is 24.2 Å². The molecule has 13 heavy (non-hydrogen) atoms. The van der Waals surface area contributed by atoms with Gasteiger partial charge >= 0.3 is 0 Å². The molecule has 0 bridgehead atoms. The molecule has 1 aromatic rings. The number of rotatable bonds is 5. The minimum Gasteiger partial charge on any atom is -0.298 e. The van der Waals surface area contributed by atoms with Crippen molar-refractivity contribution in [3.05, 3.63) is 34.5 Å². The molecule has 0 atom stereocenters. The molecule has 0 radical (unpaired) electrons. The van der Waals surface area contributed by atoms with Crippen LogP contribution in [0.5, 0.6) is 0 Å². The zero-order valence-electron chi connectivity index (χ0n) is 7.81. The average molecular weight is 213 g/mol. The van der Waals surface area contributed by atoms with Crippen LogP contribution in [0.2, 0.25) is 0 Å². The van der Waals surface area contributed by atoms with E-state index in [1.165, 1.54) is 5.56 Å². The Labute approximate surface area is 89.5 Å². The van der Waals surface area contributed by atoms with Gasteiger partial charge in [0.2, 0.25) is 0 Å². The summed E-state index contributed by atoms with van der Waals surface area (Å²) in [7, 11) is 2.13. The van der Waals surface area contributed by atoms with Crippen molar-refractivity contribution >= 4 is 24.0 Å². The molecule has 0 unspecified atom stereocenters. The maximum atomic E-state index is 4.11. The molecule has 0 aliphatic heterocycles. The summed E-state index contributed by atoms with van der Waals surface area (Å²) in [6.45, 7) is 2.02. The number of thiol groups is 1. The van der Waals surface area contributed by atoms with Crippen LogP contribution in [0.3, 0.4) is 0 Å². The van der Waals surface area contributed by atoms with Crippen molar-refractivity contribution in [2.24, 2.45) is 0 Å². The molecule has 0 spiro atoms. The maximum absolute atomic E-state index is 4.11. The molecule has 1 aromatic heterocycles. The molecule has 1 nitrogen and oxygen atoms in total. The van der Waals surface area contributed by atoms with Crippen LogP contribution in [0.15, 0.2) is 29.0 Å². The Morgan fingerprint density at radius 3 is 3.00 bits per heavy atom. The molecular formula is C10H15NS2. The van der Waals surface area contributed by atoms with Gasteiger partial charge in [-0.2, -0.15) is 24.0 Å². The van der Waals surface area contributed by atoms with Gasteiger partial charge in [-0.1, -0.05) is 12.2 Å². The first-order valence-electron chi connectivity index (χ1n) is 4.28. The van der Waals surface area contributed by atoms with Crippen LogP contribution >= 0.6 is 24.0 Å². The third-order valence-corrected chi connectivity index (χ3v) is 2.66. The molecule has 1 heterocycles. The van der Waals surface area contributed by atoms with E-state index in [1.807, 2.05) is 0 Å².